The van der Waals surface area contributed by atoms with Crippen LogP contribution in [0.4, 0.5) is 0 Å². The summed E-state index contributed by atoms with van der Waals surface area (Å²) in [6.45, 7) is 6.42. The van der Waals surface area contributed by atoms with Crippen LogP contribution >= 0.6 is 11.3 Å². The molecule has 0 bridgehead atoms. The predicted molar refractivity (Wildman–Crippen MR) is 78.3 cm³/mol. The zero-order valence-electron chi connectivity index (χ0n) is 11.4. The molecule has 1 N–H and O–H groups in total. The Labute approximate surface area is 115 Å². The van der Waals surface area contributed by atoms with Crippen molar-refractivity contribution in [3.63, 3.8) is 0 Å². The molecule has 0 saturated carbocycles. The molecule has 1 aromatic rings. The normalized spacial score (nSPS) is 18.9. The van der Waals surface area contributed by atoms with Gasteiger partial charge in [-0.2, -0.15) is 11.3 Å². The Kier molecular flexibility index (Phi) is 5.67. The summed E-state index contributed by atoms with van der Waals surface area (Å²) in [7, 11) is 0. The zero-order chi connectivity index (χ0) is 12.7. The third kappa shape index (κ3) is 4.08. The van der Waals surface area contributed by atoms with Crippen molar-refractivity contribution in [2.24, 2.45) is 5.41 Å². The van der Waals surface area contributed by atoms with Crippen LogP contribution in [0.3, 0.4) is 0 Å². The minimum atomic E-state index is 0.468. The number of rotatable bonds is 7. The maximum Gasteiger partial charge on any atom is 0.0471 e. The molecule has 0 unspecified atom stereocenters. The van der Waals surface area contributed by atoms with Gasteiger partial charge in [0.15, 0.2) is 0 Å². The van der Waals surface area contributed by atoms with Gasteiger partial charge in [0.1, 0.15) is 0 Å². The van der Waals surface area contributed by atoms with Gasteiger partial charge in [0.2, 0.25) is 0 Å². The molecular weight excluding hydrogens is 242 g/mol. The van der Waals surface area contributed by atoms with Crippen LogP contribution in [0.1, 0.15) is 38.2 Å². The molecule has 0 amide bonds. The number of hydrogen-bond acceptors (Lipinski definition) is 3. The van der Waals surface area contributed by atoms with Crippen LogP contribution in [-0.2, 0) is 11.2 Å². The van der Waals surface area contributed by atoms with E-state index in [1.807, 2.05) is 0 Å². The van der Waals surface area contributed by atoms with E-state index in [-0.39, 0.29) is 0 Å². The molecule has 3 heteroatoms. The Morgan fingerprint density at radius 3 is 2.89 bits per heavy atom. The molecule has 102 valence electrons. The summed E-state index contributed by atoms with van der Waals surface area (Å²) in [5.41, 5.74) is 1.97. The summed E-state index contributed by atoms with van der Waals surface area (Å²) in [4.78, 5) is 0. The van der Waals surface area contributed by atoms with Crippen molar-refractivity contribution in [1.82, 2.24) is 5.32 Å². The van der Waals surface area contributed by atoms with E-state index in [1.54, 1.807) is 11.3 Å². The molecule has 0 aliphatic carbocycles. The predicted octanol–water partition coefficient (Wildman–Crippen LogP) is 3.48. The molecule has 1 fully saturated rings. The monoisotopic (exact) mass is 267 g/mol. The second-order valence-corrected chi connectivity index (χ2v) is 6.20. The van der Waals surface area contributed by atoms with E-state index in [0.717, 1.165) is 26.3 Å². The van der Waals surface area contributed by atoms with E-state index >= 15 is 0 Å². The van der Waals surface area contributed by atoms with Gasteiger partial charge in [-0.25, -0.2) is 0 Å². The highest BCUT2D eigenvalue weighted by Crippen LogP contribution is 2.35. The Morgan fingerprint density at radius 2 is 2.22 bits per heavy atom. The van der Waals surface area contributed by atoms with E-state index in [0.29, 0.717) is 5.41 Å². The lowest BCUT2D eigenvalue weighted by molar-refractivity contribution is 0.0107. The molecule has 2 rings (SSSR count). The molecule has 0 radical (unpaired) electrons. The molecule has 0 aromatic carbocycles. The molecule has 18 heavy (non-hydrogen) atoms. The van der Waals surface area contributed by atoms with Crippen LogP contribution < -0.4 is 5.32 Å². The number of nitrogens with one attached hydrogen (secondary N) is 1. The quantitative estimate of drug-likeness (QED) is 0.764. The highest BCUT2D eigenvalue weighted by Gasteiger charge is 2.31. The Hall–Kier alpha value is -0.380. The topological polar surface area (TPSA) is 21.3 Å². The van der Waals surface area contributed by atoms with Gasteiger partial charge in [-0.15, -0.1) is 0 Å². The van der Waals surface area contributed by atoms with Crippen LogP contribution in [0.25, 0.3) is 0 Å². The van der Waals surface area contributed by atoms with Gasteiger partial charge in [0, 0.05) is 19.8 Å². The lowest BCUT2D eigenvalue weighted by Crippen LogP contribution is -2.39. The Morgan fingerprint density at radius 1 is 1.39 bits per heavy atom. The lowest BCUT2D eigenvalue weighted by Gasteiger charge is -2.37. The van der Waals surface area contributed by atoms with Crippen molar-refractivity contribution in [2.75, 3.05) is 26.3 Å². The first-order valence-corrected chi connectivity index (χ1v) is 8.08. The van der Waals surface area contributed by atoms with Crippen LogP contribution in [0.5, 0.6) is 0 Å². The van der Waals surface area contributed by atoms with Crippen molar-refractivity contribution in [2.45, 2.75) is 39.0 Å². The minimum absolute atomic E-state index is 0.468. The van der Waals surface area contributed by atoms with Crippen LogP contribution in [0.2, 0.25) is 0 Å². The molecule has 1 aliphatic rings. The van der Waals surface area contributed by atoms with Crippen LogP contribution in [-0.4, -0.2) is 26.3 Å². The number of aryl methyl sites for hydroxylation is 1. The maximum absolute atomic E-state index is 5.54. The van der Waals surface area contributed by atoms with Gasteiger partial charge >= 0.3 is 0 Å². The third-order valence-electron chi connectivity index (χ3n) is 4.00. The Balaban J connectivity index is 1.86. The molecule has 1 saturated heterocycles. The fourth-order valence-corrected chi connectivity index (χ4v) is 3.40. The van der Waals surface area contributed by atoms with Crippen LogP contribution in [0.15, 0.2) is 16.8 Å². The first-order valence-electron chi connectivity index (χ1n) is 7.14. The summed E-state index contributed by atoms with van der Waals surface area (Å²) in [5, 5.41) is 8.09. The summed E-state index contributed by atoms with van der Waals surface area (Å²) in [6, 6.07) is 2.26. The number of thiophene rings is 1. The van der Waals surface area contributed by atoms with E-state index in [4.69, 9.17) is 4.74 Å². The molecule has 0 atom stereocenters. The fraction of sp³-hybridized carbons (Fsp3) is 0.733. The Bertz CT molecular complexity index is 317. The largest absolute Gasteiger partial charge is 0.381 e. The summed E-state index contributed by atoms with van der Waals surface area (Å²) >= 11 is 1.81. The average Bonchev–Trinajstić information content (AvgIpc) is 2.91. The van der Waals surface area contributed by atoms with E-state index in [1.165, 1.54) is 37.7 Å². The lowest BCUT2D eigenvalue weighted by atomic mass is 9.75. The zero-order valence-corrected chi connectivity index (χ0v) is 12.2. The SMILES string of the molecule is CCCNCC1(CCc2ccsc2)CCOCC1. The second kappa shape index (κ2) is 7.27. The fourth-order valence-electron chi connectivity index (χ4n) is 2.69. The van der Waals surface area contributed by atoms with Gasteiger partial charge in [-0.05, 0) is 66.5 Å². The highest BCUT2D eigenvalue weighted by atomic mass is 32.1. The molecular formula is C15H25NOS. The molecule has 0 spiro atoms. The van der Waals surface area contributed by atoms with Crippen LogP contribution in [0, 0.1) is 5.41 Å². The molecule has 2 heterocycles. The maximum atomic E-state index is 5.54. The number of ether oxygens (including phenoxy) is 1. The van der Waals surface area contributed by atoms with E-state index in [9.17, 15) is 0 Å². The highest BCUT2D eigenvalue weighted by molar-refractivity contribution is 7.07. The average molecular weight is 267 g/mol. The van der Waals surface area contributed by atoms with Gasteiger partial charge in [0.25, 0.3) is 0 Å². The third-order valence-corrected chi connectivity index (χ3v) is 4.74. The number of hydrogen-bond donors (Lipinski definition) is 1. The van der Waals surface area contributed by atoms with Gasteiger partial charge < -0.3 is 10.1 Å². The van der Waals surface area contributed by atoms with Gasteiger partial charge in [-0.3, -0.25) is 0 Å². The van der Waals surface area contributed by atoms with Gasteiger partial charge in [0.05, 0.1) is 0 Å². The summed E-state index contributed by atoms with van der Waals surface area (Å²) in [5.74, 6) is 0. The standard InChI is InChI=1S/C15H25NOS/c1-2-8-16-13-15(6-9-17-10-7-15)5-3-14-4-11-18-12-14/h4,11-12,16H,2-3,5-10,13H2,1H3. The molecule has 2 nitrogen and oxygen atoms in total. The molecule has 1 aromatic heterocycles. The smallest absolute Gasteiger partial charge is 0.0471 e. The van der Waals surface area contributed by atoms with Crippen molar-refractivity contribution in [1.29, 1.82) is 0 Å². The molecule has 1 aliphatic heterocycles. The summed E-state index contributed by atoms with van der Waals surface area (Å²) < 4.78 is 5.54. The van der Waals surface area contributed by atoms with Crippen molar-refractivity contribution < 1.29 is 4.74 Å². The second-order valence-electron chi connectivity index (χ2n) is 5.42. The van der Waals surface area contributed by atoms with Crippen molar-refractivity contribution in [3.8, 4) is 0 Å². The van der Waals surface area contributed by atoms with Gasteiger partial charge in [-0.1, -0.05) is 6.92 Å². The van der Waals surface area contributed by atoms with E-state index < -0.39 is 0 Å². The van der Waals surface area contributed by atoms with E-state index in [2.05, 4.69) is 29.1 Å². The van der Waals surface area contributed by atoms with Crippen molar-refractivity contribution >= 4 is 11.3 Å². The first kappa shape index (κ1) is 14.0. The minimum Gasteiger partial charge on any atom is -0.381 e. The summed E-state index contributed by atoms with van der Waals surface area (Å²) in [6.07, 6.45) is 6.17. The first-order chi connectivity index (χ1) is 8.85. The van der Waals surface area contributed by atoms with Crippen molar-refractivity contribution in [3.05, 3.63) is 22.4 Å².